The first kappa shape index (κ1) is 11.6. The van der Waals surface area contributed by atoms with Crippen molar-refractivity contribution in [1.82, 2.24) is 14.6 Å². The number of nitrogens with zero attached hydrogens (tertiary/aromatic N) is 4. The third kappa shape index (κ3) is 2.29. The molecule has 0 atom stereocenters. The fourth-order valence-electron chi connectivity index (χ4n) is 1.84. The lowest BCUT2D eigenvalue weighted by Crippen LogP contribution is -2.28. The van der Waals surface area contributed by atoms with Crippen molar-refractivity contribution in [2.45, 2.75) is 6.92 Å². The van der Waals surface area contributed by atoms with Gasteiger partial charge in [-0.3, -0.25) is 0 Å². The molecule has 2 aromatic rings. The van der Waals surface area contributed by atoms with Gasteiger partial charge < -0.3 is 10.0 Å². The fourth-order valence-corrected chi connectivity index (χ4v) is 1.84. The van der Waals surface area contributed by atoms with E-state index in [1.807, 2.05) is 24.0 Å². The molecule has 0 fully saturated rings. The maximum absolute atomic E-state index is 9.10. The summed E-state index contributed by atoms with van der Waals surface area (Å²) in [5, 5.41) is 13.3. The monoisotopic (exact) mass is 232 g/mol. The third-order valence-electron chi connectivity index (χ3n) is 2.55. The van der Waals surface area contributed by atoms with E-state index in [0.717, 1.165) is 17.0 Å². The predicted molar refractivity (Wildman–Crippen MR) is 67.2 cm³/mol. The van der Waals surface area contributed by atoms with Gasteiger partial charge in [-0.15, -0.1) is 6.58 Å². The van der Waals surface area contributed by atoms with Crippen molar-refractivity contribution in [2.75, 3.05) is 24.6 Å². The van der Waals surface area contributed by atoms with Crippen LogP contribution in [-0.2, 0) is 0 Å². The van der Waals surface area contributed by atoms with E-state index in [0.29, 0.717) is 13.1 Å². The van der Waals surface area contributed by atoms with E-state index >= 15 is 0 Å². The van der Waals surface area contributed by atoms with Crippen molar-refractivity contribution < 1.29 is 5.11 Å². The largest absolute Gasteiger partial charge is 0.395 e. The Labute approximate surface area is 100 Å². The summed E-state index contributed by atoms with van der Waals surface area (Å²) in [7, 11) is 0. The average molecular weight is 232 g/mol. The molecular formula is C12H16N4O. The van der Waals surface area contributed by atoms with Gasteiger partial charge in [-0.25, -0.2) is 4.98 Å². The van der Waals surface area contributed by atoms with Crippen LogP contribution in [0.4, 0.5) is 5.82 Å². The van der Waals surface area contributed by atoms with Gasteiger partial charge in [0, 0.05) is 13.1 Å². The number of hydrogen-bond donors (Lipinski definition) is 1. The Morgan fingerprint density at radius 1 is 1.53 bits per heavy atom. The highest BCUT2D eigenvalue weighted by molar-refractivity contribution is 5.53. The molecule has 0 aliphatic rings. The van der Waals surface area contributed by atoms with Crippen molar-refractivity contribution in [3.8, 4) is 0 Å². The van der Waals surface area contributed by atoms with E-state index in [4.69, 9.17) is 5.11 Å². The molecule has 2 rings (SSSR count). The summed E-state index contributed by atoms with van der Waals surface area (Å²) in [6.07, 6.45) is 3.34. The zero-order valence-corrected chi connectivity index (χ0v) is 9.87. The van der Waals surface area contributed by atoms with Gasteiger partial charge in [-0.1, -0.05) is 6.08 Å². The molecular weight excluding hydrogens is 216 g/mol. The van der Waals surface area contributed by atoms with Crippen molar-refractivity contribution in [1.29, 1.82) is 0 Å². The highest BCUT2D eigenvalue weighted by atomic mass is 16.3. The number of aliphatic hydroxyl groups is 1. The van der Waals surface area contributed by atoms with Crippen molar-refractivity contribution >= 4 is 11.5 Å². The minimum absolute atomic E-state index is 0.0952. The van der Waals surface area contributed by atoms with Gasteiger partial charge in [-0.05, 0) is 24.6 Å². The molecule has 0 unspecified atom stereocenters. The molecule has 5 nitrogen and oxygen atoms in total. The van der Waals surface area contributed by atoms with Gasteiger partial charge in [0.05, 0.1) is 6.61 Å². The van der Waals surface area contributed by atoms with Crippen LogP contribution in [0.15, 0.2) is 31.1 Å². The number of anilines is 1. The summed E-state index contributed by atoms with van der Waals surface area (Å²) in [5.74, 6) is 0.923. The molecule has 0 amide bonds. The zero-order valence-electron chi connectivity index (χ0n) is 9.87. The number of aromatic nitrogens is 3. The Bertz CT molecular complexity index is 520. The summed E-state index contributed by atoms with van der Waals surface area (Å²) in [6, 6.07) is 4.00. The van der Waals surface area contributed by atoms with Crippen molar-refractivity contribution in [2.24, 2.45) is 0 Å². The molecule has 1 N–H and O–H groups in total. The van der Waals surface area contributed by atoms with E-state index in [-0.39, 0.29) is 6.61 Å². The average Bonchev–Trinajstić information content (AvgIpc) is 2.75. The molecule has 2 heterocycles. The summed E-state index contributed by atoms with van der Waals surface area (Å²) in [5.41, 5.74) is 1.93. The van der Waals surface area contributed by atoms with Crippen LogP contribution in [0, 0.1) is 6.92 Å². The molecule has 5 heteroatoms. The van der Waals surface area contributed by atoms with E-state index in [1.165, 1.54) is 6.33 Å². The summed E-state index contributed by atoms with van der Waals surface area (Å²) >= 11 is 0. The zero-order chi connectivity index (χ0) is 12.3. The Morgan fingerprint density at radius 2 is 2.35 bits per heavy atom. The van der Waals surface area contributed by atoms with Crippen molar-refractivity contribution in [3.05, 3.63) is 36.7 Å². The van der Waals surface area contributed by atoms with E-state index in [2.05, 4.69) is 16.7 Å². The second kappa shape index (κ2) is 4.97. The molecule has 0 aromatic carbocycles. The lowest BCUT2D eigenvalue weighted by Gasteiger charge is -2.22. The van der Waals surface area contributed by atoms with Gasteiger partial charge >= 0.3 is 0 Å². The highest BCUT2D eigenvalue weighted by Crippen LogP contribution is 2.17. The minimum Gasteiger partial charge on any atom is -0.395 e. The maximum atomic E-state index is 9.10. The normalized spacial score (nSPS) is 10.7. The Hall–Kier alpha value is -1.88. The van der Waals surface area contributed by atoms with Crippen LogP contribution in [0.2, 0.25) is 0 Å². The highest BCUT2D eigenvalue weighted by Gasteiger charge is 2.10. The number of pyridine rings is 1. The van der Waals surface area contributed by atoms with Gasteiger partial charge in [0.25, 0.3) is 0 Å². The quantitative estimate of drug-likeness (QED) is 0.782. The molecule has 0 spiro atoms. The van der Waals surface area contributed by atoms with E-state index in [1.54, 1.807) is 10.6 Å². The molecule has 90 valence electrons. The molecule has 0 aliphatic carbocycles. The fraction of sp³-hybridized carbons (Fsp3) is 0.333. The lowest BCUT2D eigenvalue weighted by atomic mass is 10.2. The summed E-state index contributed by atoms with van der Waals surface area (Å²) in [4.78, 5) is 6.20. The third-order valence-corrected chi connectivity index (χ3v) is 2.55. The molecule has 2 aromatic heterocycles. The Morgan fingerprint density at radius 3 is 3.06 bits per heavy atom. The first-order valence-corrected chi connectivity index (χ1v) is 5.53. The van der Waals surface area contributed by atoms with E-state index < -0.39 is 0 Å². The molecule has 0 bridgehead atoms. The number of hydrogen-bond acceptors (Lipinski definition) is 4. The number of rotatable bonds is 5. The molecule has 0 saturated heterocycles. The van der Waals surface area contributed by atoms with E-state index in [9.17, 15) is 0 Å². The SMILES string of the molecule is C=CCN(CCO)c1cc(C)cc2ncnn12. The minimum atomic E-state index is 0.0952. The van der Waals surface area contributed by atoms with Crippen LogP contribution in [0.5, 0.6) is 0 Å². The van der Waals surface area contributed by atoms with Crippen LogP contribution in [0.25, 0.3) is 5.65 Å². The number of aliphatic hydroxyl groups excluding tert-OH is 1. The van der Waals surface area contributed by atoms with Crippen LogP contribution < -0.4 is 4.90 Å². The van der Waals surface area contributed by atoms with Gasteiger partial charge in [0.1, 0.15) is 12.1 Å². The van der Waals surface area contributed by atoms with Crippen LogP contribution in [-0.4, -0.2) is 39.4 Å². The van der Waals surface area contributed by atoms with Crippen LogP contribution >= 0.6 is 0 Å². The van der Waals surface area contributed by atoms with Gasteiger partial charge in [-0.2, -0.15) is 9.61 Å². The molecule has 17 heavy (non-hydrogen) atoms. The standard InChI is InChI=1S/C12H16N4O/c1-3-4-15(5-6-17)12-8-10(2)7-11-13-9-14-16(11)12/h3,7-9,17H,1,4-6H2,2H3. The van der Waals surface area contributed by atoms with Crippen molar-refractivity contribution in [3.63, 3.8) is 0 Å². The first-order valence-electron chi connectivity index (χ1n) is 5.53. The molecule has 0 aliphatic heterocycles. The predicted octanol–water partition coefficient (Wildman–Crippen LogP) is 1.02. The molecule has 0 saturated carbocycles. The van der Waals surface area contributed by atoms with Crippen LogP contribution in [0.1, 0.15) is 5.56 Å². The first-order chi connectivity index (χ1) is 8.26. The lowest BCUT2D eigenvalue weighted by molar-refractivity contribution is 0.302. The summed E-state index contributed by atoms with van der Waals surface area (Å²) < 4.78 is 1.77. The second-order valence-electron chi connectivity index (χ2n) is 3.88. The number of aryl methyl sites for hydroxylation is 1. The maximum Gasteiger partial charge on any atom is 0.157 e. The van der Waals surface area contributed by atoms with Crippen LogP contribution in [0.3, 0.4) is 0 Å². The Kier molecular flexibility index (Phi) is 3.39. The Balaban J connectivity index is 2.50. The van der Waals surface area contributed by atoms with Gasteiger partial charge in [0.2, 0.25) is 0 Å². The second-order valence-corrected chi connectivity index (χ2v) is 3.88. The van der Waals surface area contributed by atoms with Gasteiger partial charge in [0.15, 0.2) is 5.65 Å². The smallest absolute Gasteiger partial charge is 0.157 e. The molecule has 0 radical (unpaired) electrons. The number of fused-ring (bicyclic) bond motifs is 1. The summed E-state index contributed by atoms with van der Waals surface area (Å²) in [6.45, 7) is 7.05. The topological polar surface area (TPSA) is 53.7 Å².